The molecule has 0 spiro atoms. The summed E-state index contributed by atoms with van der Waals surface area (Å²) in [6.45, 7) is 3.96. The molecule has 3 aromatic carbocycles. The molecule has 2 nitrogen and oxygen atoms in total. The third kappa shape index (κ3) is 5.07. The molecule has 120 valence electrons. The van der Waals surface area contributed by atoms with Crippen molar-refractivity contribution in [2.24, 2.45) is 0 Å². The molecule has 0 saturated heterocycles. The van der Waals surface area contributed by atoms with E-state index in [1.807, 2.05) is 86.6 Å². The second-order valence-corrected chi connectivity index (χ2v) is 6.74. The number of carbonyl (C=O) groups excluding carboxylic acids is 1. The van der Waals surface area contributed by atoms with E-state index >= 15 is 0 Å². The number of hydrogen-bond donors (Lipinski definition) is 0. The first kappa shape index (κ1) is 19.5. The van der Waals surface area contributed by atoms with Gasteiger partial charge < -0.3 is 18.1 Å². The van der Waals surface area contributed by atoms with Gasteiger partial charge in [0.1, 0.15) is 11.5 Å². The quantitative estimate of drug-likeness (QED) is 0.527. The standard InChI is InChI=1S/C21H18O2P.Li/c1-15-7-6-8-16(2)20(15)21(22)24-19-13-11-18(12-14-19)23-17-9-4-3-5-10-17;/h3-14H,1-2H3;/q-1;+1. The minimum atomic E-state index is 0. The minimum Gasteiger partial charge on any atom is -0.457 e. The van der Waals surface area contributed by atoms with Crippen molar-refractivity contribution in [1.29, 1.82) is 0 Å². The Morgan fingerprint density at radius 1 is 0.760 bits per heavy atom. The Bertz CT molecular complexity index is 825. The van der Waals surface area contributed by atoms with Crippen LogP contribution in [0.15, 0.2) is 72.8 Å². The third-order valence-corrected chi connectivity index (χ3v) is 4.72. The van der Waals surface area contributed by atoms with Crippen molar-refractivity contribution in [2.45, 2.75) is 13.8 Å². The topological polar surface area (TPSA) is 26.3 Å². The van der Waals surface area contributed by atoms with Crippen molar-refractivity contribution in [2.75, 3.05) is 0 Å². The van der Waals surface area contributed by atoms with E-state index < -0.39 is 0 Å². The Kier molecular flexibility index (Phi) is 7.03. The van der Waals surface area contributed by atoms with Crippen LogP contribution in [0.3, 0.4) is 0 Å². The maximum atomic E-state index is 12.6. The number of carbonyl (C=O) groups is 1. The molecule has 0 aliphatic rings. The number of para-hydroxylation sites is 1. The Labute approximate surface area is 162 Å². The molecule has 3 rings (SSSR count). The third-order valence-electron chi connectivity index (χ3n) is 3.74. The zero-order valence-corrected chi connectivity index (χ0v) is 15.6. The van der Waals surface area contributed by atoms with Crippen LogP contribution in [0.25, 0.3) is 0 Å². The molecule has 25 heavy (non-hydrogen) atoms. The van der Waals surface area contributed by atoms with Crippen LogP contribution < -0.4 is 28.9 Å². The van der Waals surface area contributed by atoms with Gasteiger partial charge in [0.2, 0.25) is 0 Å². The number of ether oxygens (including phenoxy) is 1. The van der Waals surface area contributed by atoms with Crippen molar-refractivity contribution < 1.29 is 28.4 Å². The van der Waals surface area contributed by atoms with Crippen LogP contribution in [0.4, 0.5) is 0 Å². The van der Waals surface area contributed by atoms with Gasteiger partial charge in [-0.2, -0.15) is 5.30 Å². The predicted octanol–water partition coefficient (Wildman–Crippen LogP) is 2.51. The van der Waals surface area contributed by atoms with Crippen LogP contribution in [-0.4, -0.2) is 5.52 Å². The fourth-order valence-electron chi connectivity index (χ4n) is 2.54. The molecule has 4 heteroatoms. The van der Waals surface area contributed by atoms with E-state index in [-0.39, 0.29) is 24.4 Å². The summed E-state index contributed by atoms with van der Waals surface area (Å²) in [7, 11) is 0.682. The smallest absolute Gasteiger partial charge is 0.457 e. The Morgan fingerprint density at radius 3 is 1.92 bits per heavy atom. The Morgan fingerprint density at radius 2 is 1.32 bits per heavy atom. The van der Waals surface area contributed by atoms with Crippen molar-refractivity contribution in [1.82, 2.24) is 0 Å². The molecule has 0 radical (unpaired) electrons. The summed E-state index contributed by atoms with van der Waals surface area (Å²) in [6.07, 6.45) is 0. The predicted molar refractivity (Wildman–Crippen MR) is 99.8 cm³/mol. The number of benzene rings is 3. The van der Waals surface area contributed by atoms with Crippen LogP contribution in [0.1, 0.15) is 21.5 Å². The van der Waals surface area contributed by atoms with E-state index in [2.05, 4.69) is 0 Å². The van der Waals surface area contributed by atoms with Crippen molar-refractivity contribution in [3.63, 3.8) is 0 Å². The first-order valence-electron chi connectivity index (χ1n) is 7.79. The first-order chi connectivity index (χ1) is 11.6. The number of aryl methyl sites for hydroxylation is 2. The van der Waals surface area contributed by atoms with E-state index in [9.17, 15) is 4.79 Å². The van der Waals surface area contributed by atoms with Gasteiger partial charge in [0.15, 0.2) is 0 Å². The molecule has 3 aromatic rings. The molecule has 0 bridgehead atoms. The fraction of sp³-hybridized carbons (Fsp3) is 0.0952. The van der Waals surface area contributed by atoms with Crippen molar-refractivity contribution in [3.8, 4) is 11.5 Å². The molecule has 0 heterocycles. The van der Waals surface area contributed by atoms with E-state index in [1.165, 1.54) is 0 Å². The fourth-order valence-corrected chi connectivity index (χ4v) is 3.54. The Balaban J connectivity index is 0.00000225. The molecule has 0 amide bonds. The molecule has 0 N–H and O–H groups in total. The minimum absolute atomic E-state index is 0. The molecule has 0 aliphatic heterocycles. The largest absolute Gasteiger partial charge is 1.00 e. The van der Waals surface area contributed by atoms with Crippen LogP contribution in [-0.2, 0) is 0 Å². The average molecular weight is 340 g/mol. The molecule has 0 aliphatic carbocycles. The van der Waals surface area contributed by atoms with E-state index in [1.54, 1.807) is 0 Å². The summed E-state index contributed by atoms with van der Waals surface area (Å²) in [5.74, 6) is 1.56. The monoisotopic (exact) mass is 340 g/mol. The normalized spacial score (nSPS) is 10.5. The average Bonchev–Trinajstić information content (AvgIpc) is 2.57. The second kappa shape index (κ2) is 9.02. The molecule has 0 atom stereocenters. The van der Waals surface area contributed by atoms with Gasteiger partial charge in [0.05, 0.1) is 0 Å². The van der Waals surface area contributed by atoms with Crippen LogP contribution >= 0.6 is 8.58 Å². The summed E-state index contributed by atoms with van der Waals surface area (Å²) >= 11 is 0. The van der Waals surface area contributed by atoms with Crippen molar-refractivity contribution >= 4 is 19.4 Å². The van der Waals surface area contributed by atoms with Crippen LogP contribution in [0, 0.1) is 13.8 Å². The molecule has 0 unspecified atom stereocenters. The van der Waals surface area contributed by atoms with Gasteiger partial charge in [0.25, 0.3) is 0 Å². The maximum absolute atomic E-state index is 12.6. The van der Waals surface area contributed by atoms with Gasteiger partial charge in [-0.3, -0.25) is 0 Å². The van der Waals surface area contributed by atoms with Gasteiger partial charge in [-0.15, -0.1) is 0 Å². The Hall–Kier alpha value is -1.84. The SMILES string of the molecule is Cc1cccc(C)c1C(=O)[P-]c1ccc(Oc2ccccc2)cc1.[Li+]. The molecule has 0 saturated carbocycles. The molecular weight excluding hydrogens is 322 g/mol. The maximum Gasteiger partial charge on any atom is 1.00 e. The van der Waals surface area contributed by atoms with Gasteiger partial charge in [0, 0.05) is 5.52 Å². The van der Waals surface area contributed by atoms with Crippen LogP contribution in [0.5, 0.6) is 11.5 Å². The molecule has 0 fully saturated rings. The second-order valence-electron chi connectivity index (χ2n) is 5.59. The van der Waals surface area contributed by atoms with Gasteiger partial charge in [-0.1, -0.05) is 48.5 Å². The van der Waals surface area contributed by atoms with E-state index in [0.29, 0.717) is 8.58 Å². The summed E-state index contributed by atoms with van der Waals surface area (Å²) in [6, 6.07) is 23.3. The van der Waals surface area contributed by atoms with E-state index in [0.717, 1.165) is 33.5 Å². The summed E-state index contributed by atoms with van der Waals surface area (Å²) in [5.41, 5.74) is 3.00. The summed E-state index contributed by atoms with van der Waals surface area (Å²) in [4.78, 5) is 12.6. The molecular formula is C21H18LiO2P. The van der Waals surface area contributed by atoms with Gasteiger partial charge in [-0.25, -0.2) is 0 Å². The zero-order valence-electron chi connectivity index (χ0n) is 14.7. The summed E-state index contributed by atoms with van der Waals surface area (Å²) in [5, 5.41) is 0.961. The number of hydrogen-bond acceptors (Lipinski definition) is 2. The van der Waals surface area contributed by atoms with Gasteiger partial charge >= 0.3 is 18.9 Å². The zero-order chi connectivity index (χ0) is 16.9. The molecule has 0 aromatic heterocycles. The van der Waals surface area contributed by atoms with Crippen LogP contribution in [0.2, 0.25) is 0 Å². The number of rotatable bonds is 5. The van der Waals surface area contributed by atoms with Gasteiger partial charge in [-0.05, 0) is 54.8 Å². The van der Waals surface area contributed by atoms with E-state index in [4.69, 9.17) is 4.74 Å². The first-order valence-corrected chi connectivity index (χ1v) is 8.68. The van der Waals surface area contributed by atoms with Crippen molar-refractivity contribution in [3.05, 3.63) is 89.5 Å². The summed E-state index contributed by atoms with van der Waals surface area (Å²) < 4.78 is 5.77.